The summed E-state index contributed by atoms with van der Waals surface area (Å²) in [5.41, 5.74) is 0. The van der Waals surface area contributed by atoms with Gasteiger partial charge in [-0.2, -0.15) is 0 Å². The minimum absolute atomic E-state index is 0.429. The summed E-state index contributed by atoms with van der Waals surface area (Å²) in [7, 11) is 0. The lowest BCUT2D eigenvalue weighted by Gasteiger charge is -2.17. The fourth-order valence-corrected chi connectivity index (χ4v) is 1.66. The average Bonchev–Trinajstić information content (AvgIpc) is 2.33. The van der Waals surface area contributed by atoms with Crippen LogP contribution in [0.4, 0.5) is 0 Å². The van der Waals surface area contributed by atoms with E-state index in [9.17, 15) is 0 Å². The van der Waals surface area contributed by atoms with Crippen molar-refractivity contribution >= 4 is 23.2 Å². The van der Waals surface area contributed by atoms with Gasteiger partial charge in [0, 0.05) is 24.3 Å². The van der Waals surface area contributed by atoms with Crippen molar-refractivity contribution in [3.05, 3.63) is 11.2 Å². The van der Waals surface area contributed by atoms with E-state index in [1.165, 1.54) is 25.7 Å². The van der Waals surface area contributed by atoms with Crippen molar-refractivity contribution in [1.29, 1.82) is 0 Å². The number of hydrogen-bond donors (Lipinski definition) is 0. The number of halogens is 2. The molecular formula is C9H15Cl2N. The standard InChI is InChI=1S/C9H15Cl2N/c10-7-9(11)8-12-5-3-1-2-4-6-12/h8H,1-7H2/b9-8-. The Kier molecular flexibility index (Phi) is 4.86. The van der Waals surface area contributed by atoms with Crippen molar-refractivity contribution in [3.63, 3.8) is 0 Å². The second-order valence-corrected chi connectivity index (χ2v) is 3.91. The van der Waals surface area contributed by atoms with Gasteiger partial charge in [0.1, 0.15) is 0 Å². The van der Waals surface area contributed by atoms with Crippen LogP contribution in [0.1, 0.15) is 25.7 Å². The van der Waals surface area contributed by atoms with E-state index in [4.69, 9.17) is 23.2 Å². The molecule has 1 saturated heterocycles. The molecule has 12 heavy (non-hydrogen) atoms. The maximum absolute atomic E-state index is 5.84. The highest BCUT2D eigenvalue weighted by Crippen LogP contribution is 2.12. The molecule has 1 aliphatic rings. The van der Waals surface area contributed by atoms with Gasteiger partial charge in [-0.05, 0) is 12.8 Å². The molecule has 0 spiro atoms. The third kappa shape index (κ3) is 3.68. The summed E-state index contributed by atoms with van der Waals surface area (Å²) in [5.74, 6) is 0.429. The highest BCUT2D eigenvalue weighted by atomic mass is 35.5. The first-order valence-electron chi connectivity index (χ1n) is 4.49. The Morgan fingerprint density at radius 1 is 1.17 bits per heavy atom. The first-order valence-corrected chi connectivity index (χ1v) is 5.40. The van der Waals surface area contributed by atoms with Gasteiger partial charge in [0.25, 0.3) is 0 Å². The van der Waals surface area contributed by atoms with E-state index in [2.05, 4.69) is 4.90 Å². The van der Waals surface area contributed by atoms with Gasteiger partial charge in [0.2, 0.25) is 0 Å². The fourth-order valence-electron chi connectivity index (χ4n) is 1.46. The molecule has 0 aliphatic carbocycles. The maximum Gasteiger partial charge on any atom is 0.0596 e. The van der Waals surface area contributed by atoms with Crippen LogP contribution in [0.25, 0.3) is 0 Å². The van der Waals surface area contributed by atoms with Gasteiger partial charge < -0.3 is 4.90 Å². The number of allylic oxidation sites excluding steroid dienone is 1. The third-order valence-electron chi connectivity index (χ3n) is 2.09. The summed E-state index contributed by atoms with van der Waals surface area (Å²) >= 11 is 11.4. The van der Waals surface area contributed by atoms with E-state index in [0.717, 1.165) is 18.1 Å². The summed E-state index contributed by atoms with van der Waals surface area (Å²) in [6.45, 7) is 2.26. The Labute approximate surface area is 84.3 Å². The summed E-state index contributed by atoms with van der Waals surface area (Å²) in [4.78, 5) is 2.28. The van der Waals surface area contributed by atoms with E-state index in [-0.39, 0.29) is 0 Å². The lowest BCUT2D eigenvalue weighted by atomic mass is 10.2. The van der Waals surface area contributed by atoms with Gasteiger partial charge in [-0.3, -0.25) is 0 Å². The van der Waals surface area contributed by atoms with Crippen LogP contribution in [-0.4, -0.2) is 23.9 Å². The minimum atomic E-state index is 0.429. The average molecular weight is 208 g/mol. The van der Waals surface area contributed by atoms with Crippen LogP contribution in [0, 0.1) is 0 Å². The molecule has 1 fully saturated rings. The van der Waals surface area contributed by atoms with Gasteiger partial charge in [0.05, 0.1) is 5.88 Å². The second kappa shape index (κ2) is 5.71. The predicted octanol–water partition coefficient (Wildman–Crippen LogP) is 3.18. The molecule has 3 heteroatoms. The van der Waals surface area contributed by atoms with Crippen molar-refractivity contribution in [2.24, 2.45) is 0 Å². The van der Waals surface area contributed by atoms with Gasteiger partial charge in [0.15, 0.2) is 0 Å². The molecule has 0 aromatic heterocycles. The predicted molar refractivity (Wildman–Crippen MR) is 54.7 cm³/mol. The molecule has 1 aliphatic heterocycles. The van der Waals surface area contributed by atoms with Crippen LogP contribution in [0.15, 0.2) is 11.2 Å². The monoisotopic (exact) mass is 207 g/mol. The lowest BCUT2D eigenvalue weighted by molar-refractivity contribution is 0.390. The summed E-state index contributed by atoms with van der Waals surface area (Å²) in [5, 5.41) is 0.749. The molecule has 70 valence electrons. The Balaban J connectivity index is 2.38. The van der Waals surface area contributed by atoms with E-state index >= 15 is 0 Å². The zero-order chi connectivity index (χ0) is 8.81. The highest BCUT2D eigenvalue weighted by Gasteiger charge is 2.05. The largest absolute Gasteiger partial charge is 0.376 e. The van der Waals surface area contributed by atoms with Gasteiger partial charge in [-0.15, -0.1) is 11.6 Å². The Bertz CT molecular complexity index is 149. The molecule has 0 bridgehead atoms. The van der Waals surface area contributed by atoms with Crippen LogP contribution in [0.5, 0.6) is 0 Å². The van der Waals surface area contributed by atoms with Crippen molar-refractivity contribution in [2.45, 2.75) is 25.7 Å². The molecule has 0 unspecified atom stereocenters. The molecular weight excluding hydrogens is 193 g/mol. The lowest BCUT2D eigenvalue weighted by Crippen LogP contribution is -2.18. The summed E-state index contributed by atoms with van der Waals surface area (Å²) in [6.07, 6.45) is 7.25. The summed E-state index contributed by atoms with van der Waals surface area (Å²) in [6, 6.07) is 0. The van der Waals surface area contributed by atoms with E-state index in [0.29, 0.717) is 5.88 Å². The van der Waals surface area contributed by atoms with Gasteiger partial charge in [-0.25, -0.2) is 0 Å². The second-order valence-electron chi connectivity index (χ2n) is 3.16. The molecule has 0 radical (unpaired) electrons. The van der Waals surface area contributed by atoms with Crippen LogP contribution < -0.4 is 0 Å². The molecule has 1 rings (SSSR count). The van der Waals surface area contributed by atoms with Gasteiger partial charge >= 0.3 is 0 Å². The number of likely N-dealkylation sites (tertiary alicyclic amines) is 1. The van der Waals surface area contributed by atoms with E-state index in [1.54, 1.807) is 0 Å². The summed E-state index contributed by atoms with van der Waals surface area (Å²) < 4.78 is 0. The fraction of sp³-hybridized carbons (Fsp3) is 0.778. The molecule has 0 atom stereocenters. The number of alkyl halides is 1. The Morgan fingerprint density at radius 3 is 2.25 bits per heavy atom. The Morgan fingerprint density at radius 2 is 1.75 bits per heavy atom. The molecule has 1 heterocycles. The molecule has 1 nitrogen and oxygen atoms in total. The number of nitrogens with zero attached hydrogens (tertiary/aromatic N) is 1. The normalized spacial score (nSPS) is 20.8. The quantitative estimate of drug-likeness (QED) is 0.630. The number of rotatable bonds is 2. The van der Waals surface area contributed by atoms with Crippen molar-refractivity contribution in [3.8, 4) is 0 Å². The molecule has 0 N–H and O–H groups in total. The van der Waals surface area contributed by atoms with Crippen molar-refractivity contribution in [2.75, 3.05) is 19.0 Å². The first-order chi connectivity index (χ1) is 5.83. The zero-order valence-corrected chi connectivity index (χ0v) is 8.74. The maximum atomic E-state index is 5.84. The smallest absolute Gasteiger partial charge is 0.0596 e. The van der Waals surface area contributed by atoms with Crippen molar-refractivity contribution < 1.29 is 0 Å². The minimum Gasteiger partial charge on any atom is -0.376 e. The zero-order valence-electron chi connectivity index (χ0n) is 7.23. The number of hydrogen-bond acceptors (Lipinski definition) is 1. The third-order valence-corrected chi connectivity index (χ3v) is 2.75. The topological polar surface area (TPSA) is 3.24 Å². The van der Waals surface area contributed by atoms with Crippen LogP contribution in [-0.2, 0) is 0 Å². The first kappa shape index (κ1) is 10.2. The van der Waals surface area contributed by atoms with Crippen molar-refractivity contribution in [1.82, 2.24) is 4.90 Å². The SMILES string of the molecule is ClC/C(Cl)=C/N1CCCCCC1. The highest BCUT2D eigenvalue weighted by molar-refractivity contribution is 6.35. The molecule has 0 amide bonds. The van der Waals surface area contributed by atoms with E-state index in [1.807, 2.05) is 6.20 Å². The van der Waals surface area contributed by atoms with Crippen LogP contribution in [0.2, 0.25) is 0 Å². The molecule has 0 aromatic carbocycles. The Hall–Kier alpha value is 0.120. The molecule has 0 aromatic rings. The van der Waals surface area contributed by atoms with Crippen LogP contribution in [0.3, 0.4) is 0 Å². The van der Waals surface area contributed by atoms with E-state index < -0.39 is 0 Å². The van der Waals surface area contributed by atoms with Crippen LogP contribution >= 0.6 is 23.2 Å². The van der Waals surface area contributed by atoms with Gasteiger partial charge in [-0.1, -0.05) is 24.4 Å². The molecule has 0 saturated carbocycles.